The number of rotatable bonds is 15. The lowest BCUT2D eigenvalue weighted by molar-refractivity contribution is -0.385. The number of nitrogens with zero attached hydrogens (tertiary/aromatic N) is 3. The molecule has 0 aromatic heterocycles. The van der Waals surface area contributed by atoms with Crippen molar-refractivity contribution in [1.29, 1.82) is 0 Å². The second-order valence-electron chi connectivity index (χ2n) is 13.4. The number of nitro groups is 1. The Labute approximate surface area is 405 Å². The molecule has 0 radical (unpaired) electrons. The number of nitrogens with one attached hydrogen (secondary N) is 1. The summed E-state index contributed by atoms with van der Waals surface area (Å²) >= 11 is 28.7. The normalized spacial score (nSPS) is 12.6. The minimum Gasteiger partial charge on any atom is -0.489 e. The summed E-state index contributed by atoms with van der Waals surface area (Å²) in [5.41, 5.74) is 3.26. The molecule has 0 saturated carbocycles. The molecule has 0 fully saturated rings. The standard InChI is InChI=1S/C14H9Cl2NO5.C14H20ClNO2.C11H11Cl2NO2.C3H8NO5P/c1-21-14(18)10-7-9(3-4-12(10)17(19)20)22-13-5-2-8(15)6-11(13)16;1-4-12-8-6-7-11(3)14(12)16(10-18-5-2)13(17)9-15;1-7-6-16-9-5-3-2-4-8(9)14(7)11(15)10(12)13;5-3(6)1-4-2-10(7,8)9/h2-7H,1H3;6-8H,4-5,9-10H2,1-3H3;2-5,7,10H,6H2,1H3;4H,1-2H2,(H,5,6)(H2,7,8,9). The minimum absolute atomic E-state index is 0.0371. The number of anilines is 2. The molecule has 1 heterocycles. The predicted molar refractivity (Wildman–Crippen MR) is 253 cm³/mol. The summed E-state index contributed by atoms with van der Waals surface area (Å²) in [6.45, 7) is 8.69. The van der Waals surface area contributed by atoms with Crippen LogP contribution in [0.15, 0.2) is 78.9 Å². The largest absolute Gasteiger partial charge is 0.489 e. The number of halogens is 5. The van der Waals surface area contributed by atoms with E-state index in [4.69, 9.17) is 87.1 Å². The Hall–Kier alpha value is -4.72. The molecular formula is C42H48Cl5N4O14P. The van der Waals surface area contributed by atoms with Gasteiger partial charge in [-0.2, -0.15) is 0 Å². The number of fused-ring (bicyclic) bond motifs is 1. The summed E-state index contributed by atoms with van der Waals surface area (Å²) in [5, 5.41) is 21.7. The molecular weight excluding hydrogens is 993 g/mol. The maximum Gasteiger partial charge on any atom is 0.345 e. The lowest BCUT2D eigenvalue weighted by Gasteiger charge is -2.35. The van der Waals surface area contributed by atoms with Crippen LogP contribution in [0.2, 0.25) is 10.0 Å². The molecule has 1 unspecified atom stereocenters. The smallest absolute Gasteiger partial charge is 0.345 e. The van der Waals surface area contributed by atoms with Gasteiger partial charge < -0.3 is 38.7 Å². The molecule has 1 aliphatic rings. The van der Waals surface area contributed by atoms with E-state index in [9.17, 15) is 33.9 Å². The Morgan fingerprint density at radius 2 is 1.71 bits per heavy atom. The number of esters is 1. The fourth-order valence-corrected chi connectivity index (χ4v) is 6.86. The van der Waals surface area contributed by atoms with Gasteiger partial charge in [-0.3, -0.25) is 39.3 Å². The average Bonchev–Trinajstić information content (AvgIpc) is 3.27. The number of alkyl halides is 3. The molecule has 18 nitrogen and oxygen atoms in total. The molecule has 24 heteroatoms. The zero-order chi connectivity index (χ0) is 49.7. The van der Waals surface area contributed by atoms with Crippen molar-refractivity contribution in [2.75, 3.05) is 55.6 Å². The number of benzene rings is 4. The van der Waals surface area contributed by atoms with Crippen LogP contribution in [0.4, 0.5) is 17.1 Å². The van der Waals surface area contributed by atoms with E-state index in [2.05, 4.69) is 17.0 Å². The third kappa shape index (κ3) is 18.5. The van der Waals surface area contributed by atoms with Crippen LogP contribution in [0, 0.1) is 17.0 Å². The Balaban J connectivity index is 0.000000312. The molecule has 4 aromatic carbocycles. The van der Waals surface area contributed by atoms with Crippen LogP contribution in [-0.2, 0) is 34.8 Å². The van der Waals surface area contributed by atoms with E-state index >= 15 is 0 Å². The number of carboxylic acid groups (broad SMARTS) is 1. The topological polar surface area (TPSA) is 245 Å². The van der Waals surface area contributed by atoms with Gasteiger partial charge in [-0.05, 0) is 74.7 Å². The molecule has 1 aliphatic heterocycles. The summed E-state index contributed by atoms with van der Waals surface area (Å²) in [6, 6.07) is 21.6. The number of ether oxygens (including phenoxy) is 4. The van der Waals surface area contributed by atoms with Crippen LogP contribution in [0.1, 0.15) is 42.3 Å². The van der Waals surface area contributed by atoms with Crippen LogP contribution < -0.4 is 24.6 Å². The van der Waals surface area contributed by atoms with Gasteiger partial charge in [-0.1, -0.05) is 83.7 Å². The molecule has 4 aromatic rings. The highest BCUT2D eigenvalue weighted by Crippen LogP contribution is 2.36. The molecule has 2 amide bonds. The Morgan fingerprint density at radius 1 is 1.03 bits per heavy atom. The van der Waals surface area contributed by atoms with Gasteiger partial charge in [-0.25, -0.2) is 4.79 Å². The number of aliphatic carboxylic acids is 1. The quantitative estimate of drug-likeness (QED) is 0.0217. The maximum atomic E-state index is 12.0. The van der Waals surface area contributed by atoms with Crippen molar-refractivity contribution in [1.82, 2.24) is 5.32 Å². The van der Waals surface area contributed by atoms with Crippen LogP contribution >= 0.6 is 65.6 Å². The van der Waals surface area contributed by atoms with E-state index in [-0.39, 0.29) is 52.5 Å². The van der Waals surface area contributed by atoms with Gasteiger partial charge in [0.1, 0.15) is 42.0 Å². The highest BCUT2D eigenvalue weighted by atomic mass is 35.5. The lowest BCUT2D eigenvalue weighted by atomic mass is 10.0. The minimum atomic E-state index is -4.10. The molecule has 0 aliphatic carbocycles. The third-order valence-corrected chi connectivity index (χ3v) is 10.3. The molecule has 1 atom stereocenters. The number of nitro benzene ring substituents is 1. The number of amides is 2. The zero-order valence-electron chi connectivity index (χ0n) is 36.1. The van der Waals surface area contributed by atoms with Gasteiger partial charge in [0, 0.05) is 23.8 Å². The molecule has 5 rings (SSSR count). The maximum absolute atomic E-state index is 12.0. The Morgan fingerprint density at radius 3 is 2.27 bits per heavy atom. The van der Waals surface area contributed by atoms with Gasteiger partial charge in [0.15, 0.2) is 4.84 Å². The van der Waals surface area contributed by atoms with Crippen LogP contribution in [0.5, 0.6) is 17.2 Å². The van der Waals surface area contributed by atoms with E-state index in [1.54, 1.807) is 21.9 Å². The number of hydrogen-bond acceptors (Lipinski definition) is 12. The van der Waals surface area contributed by atoms with E-state index in [0.29, 0.717) is 29.7 Å². The zero-order valence-corrected chi connectivity index (χ0v) is 40.8. The number of carboxylic acids is 1. The van der Waals surface area contributed by atoms with Crippen molar-refractivity contribution >= 4 is 106 Å². The fourth-order valence-electron chi connectivity index (χ4n) is 5.65. The first-order chi connectivity index (χ1) is 31.1. The van der Waals surface area contributed by atoms with Crippen molar-refractivity contribution in [2.45, 2.75) is 45.0 Å². The third-order valence-electron chi connectivity index (χ3n) is 8.57. The molecule has 0 saturated heterocycles. The molecule has 0 bridgehead atoms. The van der Waals surface area contributed by atoms with Crippen molar-refractivity contribution in [3.05, 3.63) is 116 Å². The first kappa shape index (κ1) is 57.4. The first-order valence-corrected chi connectivity index (χ1v) is 23.4. The monoisotopic (exact) mass is 1040 g/mol. The Kier molecular flexibility index (Phi) is 24.8. The molecule has 66 heavy (non-hydrogen) atoms. The predicted octanol–water partition coefficient (Wildman–Crippen LogP) is 9.00. The molecule has 360 valence electrons. The second kappa shape index (κ2) is 28.5. The highest BCUT2D eigenvalue weighted by molar-refractivity contribution is 7.51. The number of methoxy groups -OCH3 is 1. The van der Waals surface area contributed by atoms with Crippen molar-refractivity contribution in [3.8, 4) is 17.2 Å². The van der Waals surface area contributed by atoms with Crippen molar-refractivity contribution in [2.24, 2.45) is 0 Å². The summed E-state index contributed by atoms with van der Waals surface area (Å²) in [5.74, 6) is -1.27. The second-order valence-corrected chi connectivity index (χ2v) is 17.3. The lowest BCUT2D eigenvalue weighted by Crippen LogP contribution is -2.47. The number of hydrogen-bond donors (Lipinski definition) is 4. The van der Waals surface area contributed by atoms with Crippen molar-refractivity contribution in [3.63, 3.8) is 0 Å². The number of carbonyl (C=O) groups excluding carboxylic acids is 3. The number of aryl methyl sites for hydroxylation is 2. The first-order valence-electron chi connectivity index (χ1n) is 19.4. The van der Waals surface area contributed by atoms with E-state index in [1.807, 2.05) is 63.2 Å². The van der Waals surface area contributed by atoms with E-state index < -0.39 is 42.1 Å². The average molecular weight is 1040 g/mol. The number of para-hydroxylation sites is 3. The van der Waals surface area contributed by atoms with Crippen LogP contribution in [-0.4, -0.2) is 100 Å². The summed E-state index contributed by atoms with van der Waals surface area (Å²) < 4.78 is 31.0. The van der Waals surface area contributed by atoms with Gasteiger partial charge in [0.05, 0.1) is 47.3 Å². The molecule has 0 spiro atoms. The highest BCUT2D eigenvalue weighted by Gasteiger charge is 2.32. The fraction of sp³-hybridized carbons (Fsp3) is 0.333. The number of carbonyl (C=O) groups is 4. The summed E-state index contributed by atoms with van der Waals surface area (Å²) in [6.07, 6.45) is 0.272. The van der Waals surface area contributed by atoms with E-state index in [1.165, 1.54) is 18.2 Å². The SMILES string of the molecule is CC1COc2ccccc2N1C(=O)C(Cl)Cl.CCOCN(C(=O)CCl)c1c(C)cccc1CC.COC(=O)c1cc(Oc2ccc(Cl)cc2Cl)ccc1[N+](=O)[O-].O=C(O)CNCP(=O)(O)O. The van der Waals surface area contributed by atoms with Crippen LogP contribution in [0.3, 0.4) is 0 Å². The van der Waals surface area contributed by atoms with Gasteiger partial charge in [-0.15, -0.1) is 11.6 Å². The summed E-state index contributed by atoms with van der Waals surface area (Å²) in [7, 11) is -2.96. The van der Waals surface area contributed by atoms with Gasteiger partial charge in [0.25, 0.3) is 11.6 Å². The van der Waals surface area contributed by atoms with Gasteiger partial charge >= 0.3 is 19.5 Å². The van der Waals surface area contributed by atoms with Crippen LogP contribution in [0.25, 0.3) is 0 Å². The van der Waals surface area contributed by atoms with E-state index in [0.717, 1.165) is 42.1 Å². The molecule has 4 N–H and O–H groups in total. The van der Waals surface area contributed by atoms with Gasteiger partial charge in [0.2, 0.25) is 5.91 Å². The summed E-state index contributed by atoms with van der Waals surface area (Å²) in [4.78, 5) is 74.0. The van der Waals surface area contributed by atoms with Crippen molar-refractivity contribution < 1.29 is 62.5 Å². The Bertz CT molecular complexity index is 2340.